The zero-order chi connectivity index (χ0) is 17.8. The number of nitrogens with zero attached hydrogens (tertiary/aromatic N) is 1. The van der Waals surface area contributed by atoms with Crippen molar-refractivity contribution in [3.8, 4) is 0 Å². The molecule has 3 rings (SSSR count). The number of carbonyl (C=O) groups excluding carboxylic acids is 2. The average molecular weight is 346 g/mol. The van der Waals surface area contributed by atoms with E-state index >= 15 is 0 Å². The van der Waals surface area contributed by atoms with Gasteiger partial charge in [0.2, 0.25) is 5.91 Å². The molecule has 2 aliphatic rings. The van der Waals surface area contributed by atoms with Gasteiger partial charge in [0.15, 0.2) is 0 Å². The molecular weight excluding hydrogens is 320 g/mol. The molecule has 2 saturated heterocycles. The second kappa shape index (κ2) is 7.84. The molecule has 0 saturated carbocycles. The number of amides is 2. The Bertz CT molecular complexity index is 629. The van der Waals surface area contributed by atoms with E-state index in [1.54, 1.807) is 0 Å². The number of para-hydroxylation sites is 2. The van der Waals surface area contributed by atoms with Crippen LogP contribution < -0.4 is 21.7 Å². The number of nitrogens with one attached hydrogen (secondary N) is 1. The smallest absolute Gasteiger partial charge is 0.253 e. The van der Waals surface area contributed by atoms with E-state index in [-0.39, 0.29) is 23.8 Å². The monoisotopic (exact) mass is 346 g/mol. The lowest BCUT2D eigenvalue weighted by molar-refractivity contribution is -0.126. The van der Waals surface area contributed by atoms with Crippen molar-refractivity contribution in [1.82, 2.24) is 0 Å². The fraction of sp³-hybridized carbons (Fsp3) is 0.556. The average Bonchev–Trinajstić information content (AvgIpc) is 3.12. The molecule has 25 heavy (non-hydrogen) atoms. The van der Waals surface area contributed by atoms with Crippen molar-refractivity contribution in [2.24, 2.45) is 17.4 Å². The molecule has 2 aliphatic heterocycles. The Kier molecular flexibility index (Phi) is 5.55. The van der Waals surface area contributed by atoms with Gasteiger partial charge in [0, 0.05) is 25.6 Å². The van der Waals surface area contributed by atoms with Gasteiger partial charge in [-0.1, -0.05) is 12.1 Å². The van der Waals surface area contributed by atoms with Gasteiger partial charge in [-0.05, 0) is 37.8 Å². The third-order valence-corrected chi connectivity index (χ3v) is 5.06. The third-order valence-electron chi connectivity index (χ3n) is 5.06. The molecule has 1 aromatic carbocycles. The summed E-state index contributed by atoms with van der Waals surface area (Å²) in [7, 11) is 0. The summed E-state index contributed by atoms with van der Waals surface area (Å²) in [5.41, 5.74) is 12.7. The molecule has 0 unspecified atom stereocenters. The van der Waals surface area contributed by atoms with Gasteiger partial charge in [-0.3, -0.25) is 9.59 Å². The fourth-order valence-electron chi connectivity index (χ4n) is 3.55. The number of hydrogen-bond donors (Lipinski definition) is 3. The summed E-state index contributed by atoms with van der Waals surface area (Å²) < 4.78 is 5.67. The van der Waals surface area contributed by atoms with Crippen LogP contribution >= 0.6 is 0 Å². The largest absolute Gasteiger partial charge is 0.370 e. The van der Waals surface area contributed by atoms with Crippen LogP contribution in [0, 0.1) is 5.92 Å². The zero-order valence-corrected chi connectivity index (χ0v) is 14.3. The van der Waals surface area contributed by atoms with Gasteiger partial charge in [0.1, 0.15) is 6.10 Å². The summed E-state index contributed by atoms with van der Waals surface area (Å²) in [6.07, 6.45) is 2.51. The molecule has 7 nitrogen and oxygen atoms in total. The van der Waals surface area contributed by atoms with Crippen molar-refractivity contribution in [2.75, 3.05) is 29.9 Å². The van der Waals surface area contributed by atoms with Crippen LogP contribution in [0.15, 0.2) is 24.3 Å². The molecule has 0 bridgehead atoms. The Morgan fingerprint density at radius 2 is 1.88 bits per heavy atom. The summed E-state index contributed by atoms with van der Waals surface area (Å²) in [5.74, 6) is -0.414. The van der Waals surface area contributed by atoms with Crippen LogP contribution in [0.1, 0.15) is 25.7 Å². The molecule has 0 radical (unpaired) electrons. The number of anilines is 2. The maximum absolute atomic E-state index is 12.5. The molecule has 2 atom stereocenters. The number of piperidine rings is 1. The molecule has 2 heterocycles. The SMILES string of the molecule is NC[C@H]1CC[C@@H](C(=O)Nc2ccccc2N2CCC(C(N)=O)CC2)O1. The first-order valence-electron chi connectivity index (χ1n) is 8.88. The number of carbonyl (C=O) groups is 2. The van der Waals surface area contributed by atoms with Crippen molar-refractivity contribution in [2.45, 2.75) is 37.9 Å². The van der Waals surface area contributed by atoms with Gasteiger partial charge >= 0.3 is 0 Å². The van der Waals surface area contributed by atoms with E-state index in [1.807, 2.05) is 24.3 Å². The van der Waals surface area contributed by atoms with Gasteiger partial charge in [-0.2, -0.15) is 0 Å². The van der Waals surface area contributed by atoms with Gasteiger partial charge in [-0.15, -0.1) is 0 Å². The van der Waals surface area contributed by atoms with E-state index in [1.165, 1.54) is 0 Å². The van der Waals surface area contributed by atoms with Crippen molar-refractivity contribution in [3.63, 3.8) is 0 Å². The summed E-state index contributed by atoms with van der Waals surface area (Å²) in [4.78, 5) is 26.0. The van der Waals surface area contributed by atoms with E-state index in [0.29, 0.717) is 13.0 Å². The summed E-state index contributed by atoms with van der Waals surface area (Å²) >= 11 is 0. The lowest BCUT2D eigenvalue weighted by Gasteiger charge is -2.33. The molecule has 2 amide bonds. The fourth-order valence-corrected chi connectivity index (χ4v) is 3.55. The predicted molar refractivity (Wildman–Crippen MR) is 96.2 cm³/mol. The van der Waals surface area contributed by atoms with Crippen molar-refractivity contribution in [3.05, 3.63) is 24.3 Å². The number of nitrogens with two attached hydrogens (primary N) is 2. The number of benzene rings is 1. The zero-order valence-electron chi connectivity index (χ0n) is 14.3. The van der Waals surface area contributed by atoms with Crippen LogP contribution in [0.5, 0.6) is 0 Å². The molecule has 7 heteroatoms. The third kappa shape index (κ3) is 4.11. The first kappa shape index (κ1) is 17.7. The minimum absolute atomic E-state index is 0.0289. The van der Waals surface area contributed by atoms with Crippen LogP contribution in [0.4, 0.5) is 11.4 Å². The predicted octanol–water partition coefficient (Wildman–Crippen LogP) is 0.833. The molecule has 136 valence electrons. The molecular formula is C18H26N4O3. The minimum Gasteiger partial charge on any atom is -0.370 e. The highest BCUT2D eigenvalue weighted by atomic mass is 16.5. The molecule has 0 aliphatic carbocycles. The quantitative estimate of drug-likeness (QED) is 0.731. The number of primary amides is 1. The Labute approximate surface area is 147 Å². The Balaban J connectivity index is 1.65. The molecule has 0 spiro atoms. The normalized spacial score (nSPS) is 24.3. The minimum atomic E-state index is -0.442. The van der Waals surface area contributed by atoms with E-state index in [0.717, 1.165) is 43.7 Å². The summed E-state index contributed by atoms with van der Waals surface area (Å²) in [6, 6.07) is 7.72. The maximum atomic E-state index is 12.5. The summed E-state index contributed by atoms with van der Waals surface area (Å²) in [6.45, 7) is 1.93. The Morgan fingerprint density at radius 3 is 2.52 bits per heavy atom. The second-order valence-corrected chi connectivity index (χ2v) is 6.73. The number of hydrogen-bond acceptors (Lipinski definition) is 5. The van der Waals surface area contributed by atoms with E-state index in [9.17, 15) is 9.59 Å². The highest BCUT2D eigenvalue weighted by Gasteiger charge is 2.31. The first-order valence-corrected chi connectivity index (χ1v) is 8.88. The van der Waals surface area contributed by atoms with Crippen LogP contribution in [0.25, 0.3) is 0 Å². The number of ether oxygens (including phenoxy) is 1. The Morgan fingerprint density at radius 1 is 1.16 bits per heavy atom. The standard InChI is InChI=1S/C18H26N4O3/c19-11-13-5-6-16(25-13)18(24)21-14-3-1-2-4-15(14)22-9-7-12(8-10-22)17(20)23/h1-4,12-13,16H,5-11,19H2,(H2,20,23)(H,21,24)/t13-,16+/m1/s1. The van der Waals surface area contributed by atoms with Crippen molar-refractivity contribution < 1.29 is 14.3 Å². The molecule has 2 fully saturated rings. The van der Waals surface area contributed by atoms with Gasteiger partial charge in [0.25, 0.3) is 5.91 Å². The van der Waals surface area contributed by atoms with Gasteiger partial charge in [0.05, 0.1) is 17.5 Å². The van der Waals surface area contributed by atoms with E-state index in [4.69, 9.17) is 16.2 Å². The Hall–Kier alpha value is -2.12. The van der Waals surface area contributed by atoms with Crippen molar-refractivity contribution >= 4 is 23.2 Å². The second-order valence-electron chi connectivity index (χ2n) is 6.73. The lowest BCUT2D eigenvalue weighted by Crippen LogP contribution is -2.39. The van der Waals surface area contributed by atoms with E-state index in [2.05, 4.69) is 10.2 Å². The van der Waals surface area contributed by atoms with Crippen LogP contribution in [0.2, 0.25) is 0 Å². The van der Waals surface area contributed by atoms with E-state index < -0.39 is 6.10 Å². The van der Waals surface area contributed by atoms with Crippen LogP contribution in [-0.4, -0.2) is 43.7 Å². The van der Waals surface area contributed by atoms with Crippen molar-refractivity contribution in [1.29, 1.82) is 0 Å². The number of rotatable bonds is 5. The van der Waals surface area contributed by atoms with Crippen LogP contribution in [0.3, 0.4) is 0 Å². The molecule has 1 aromatic rings. The topological polar surface area (TPSA) is 111 Å². The van der Waals surface area contributed by atoms with Gasteiger partial charge < -0.3 is 26.4 Å². The lowest BCUT2D eigenvalue weighted by atomic mass is 9.96. The van der Waals surface area contributed by atoms with Gasteiger partial charge in [-0.25, -0.2) is 0 Å². The molecule has 0 aromatic heterocycles. The maximum Gasteiger partial charge on any atom is 0.253 e. The molecule has 5 N–H and O–H groups in total. The highest BCUT2D eigenvalue weighted by Crippen LogP contribution is 2.30. The van der Waals surface area contributed by atoms with Crippen LogP contribution in [-0.2, 0) is 14.3 Å². The first-order chi connectivity index (χ1) is 12.1. The highest BCUT2D eigenvalue weighted by molar-refractivity contribution is 5.97. The summed E-state index contributed by atoms with van der Waals surface area (Å²) in [5, 5.41) is 2.99.